The molecule has 0 spiro atoms. The quantitative estimate of drug-likeness (QED) is 0.405. The molecule has 1 aromatic carbocycles. The van der Waals surface area contributed by atoms with E-state index in [1.165, 1.54) is 5.56 Å². The second-order valence-corrected chi connectivity index (χ2v) is 5.64. The Balaban J connectivity index is 1.67. The summed E-state index contributed by atoms with van der Waals surface area (Å²) in [5.74, 6) is 4.88. The van der Waals surface area contributed by atoms with Gasteiger partial charge in [0.2, 0.25) is 0 Å². The molecule has 1 unspecified atom stereocenters. The molecule has 0 aromatic heterocycles. The highest BCUT2D eigenvalue weighted by molar-refractivity contribution is 8.03. The molecule has 1 atom stereocenters. The molecular formula is C14H19N5OS. The van der Waals surface area contributed by atoms with Crippen molar-refractivity contribution in [2.75, 3.05) is 13.1 Å². The lowest BCUT2D eigenvalue weighted by Crippen LogP contribution is -2.34. The highest BCUT2D eigenvalue weighted by Gasteiger charge is 2.20. The molecule has 6 nitrogen and oxygen atoms in total. The third-order valence-electron chi connectivity index (χ3n) is 3.03. The summed E-state index contributed by atoms with van der Waals surface area (Å²) in [4.78, 5) is 12.0. The smallest absolute Gasteiger partial charge is 0.267 e. The van der Waals surface area contributed by atoms with Crippen molar-refractivity contribution in [3.8, 4) is 0 Å². The third kappa shape index (κ3) is 5.11. The number of hydrogen-bond donors (Lipinski definition) is 3. The lowest BCUT2D eigenvalue weighted by molar-refractivity contribution is -0.117. The predicted molar refractivity (Wildman–Crippen MR) is 84.3 cm³/mol. The van der Waals surface area contributed by atoms with E-state index in [0.717, 1.165) is 12.8 Å². The topological polar surface area (TPSA) is 91.9 Å². The van der Waals surface area contributed by atoms with Crippen LogP contribution in [-0.4, -0.2) is 24.4 Å². The summed E-state index contributed by atoms with van der Waals surface area (Å²) in [7, 11) is 0. The maximum absolute atomic E-state index is 12.0. The zero-order valence-corrected chi connectivity index (χ0v) is 12.5. The van der Waals surface area contributed by atoms with Crippen LogP contribution in [0.15, 0.2) is 51.8 Å². The fourth-order valence-corrected chi connectivity index (χ4v) is 2.86. The zero-order valence-electron chi connectivity index (χ0n) is 11.7. The van der Waals surface area contributed by atoms with Crippen molar-refractivity contribution in [1.29, 1.82) is 0 Å². The first kappa shape index (κ1) is 15.4. The molecule has 0 bridgehead atoms. The average Bonchev–Trinajstić information content (AvgIpc) is 2.97. The Morgan fingerprint density at radius 3 is 2.95 bits per heavy atom. The van der Waals surface area contributed by atoms with E-state index >= 15 is 0 Å². The van der Waals surface area contributed by atoms with E-state index in [1.54, 1.807) is 11.8 Å². The first-order valence-electron chi connectivity index (χ1n) is 6.80. The molecule has 112 valence electrons. The molecule has 0 saturated carbocycles. The Bertz CT molecular complexity index is 517. The van der Waals surface area contributed by atoms with Crippen molar-refractivity contribution in [3.05, 3.63) is 47.0 Å². The number of nitrogens with zero attached hydrogens (tertiary/aromatic N) is 2. The minimum Gasteiger partial charge on any atom is -0.368 e. The molecule has 7 heteroatoms. The predicted octanol–water partition coefficient (Wildman–Crippen LogP) is 1.57. The lowest BCUT2D eigenvalue weighted by Gasteiger charge is -2.11. The molecule has 0 aliphatic carbocycles. The summed E-state index contributed by atoms with van der Waals surface area (Å²) in [5, 5.41) is 15.0. The van der Waals surface area contributed by atoms with Crippen LogP contribution in [0.5, 0.6) is 0 Å². The number of amides is 1. The van der Waals surface area contributed by atoms with Crippen LogP contribution in [0.1, 0.15) is 12.0 Å². The monoisotopic (exact) mass is 305 g/mol. The van der Waals surface area contributed by atoms with Crippen LogP contribution in [0, 0.1) is 0 Å². The summed E-state index contributed by atoms with van der Waals surface area (Å²) in [6.45, 7) is 1.18. The molecule has 0 fully saturated rings. The van der Waals surface area contributed by atoms with Gasteiger partial charge < -0.3 is 16.5 Å². The van der Waals surface area contributed by atoms with Crippen LogP contribution >= 0.6 is 11.8 Å². The van der Waals surface area contributed by atoms with Crippen molar-refractivity contribution in [1.82, 2.24) is 10.6 Å². The van der Waals surface area contributed by atoms with Crippen LogP contribution < -0.4 is 16.5 Å². The van der Waals surface area contributed by atoms with Gasteiger partial charge in [0.1, 0.15) is 5.70 Å². The van der Waals surface area contributed by atoms with Gasteiger partial charge in [0.25, 0.3) is 5.91 Å². The Kier molecular flexibility index (Phi) is 6.08. The summed E-state index contributed by atoms with van der Waals surface area (Å²) in [6, 6.07) is 10.1. The van der Waals surface area contributed by atoms with Gasteiger partial charge in [-0.25, -0.2) is 0 Å². The number of nitrogens with one attached hydrogen (secondary N) is 2. The van der Waals surface area contributed by atoms with Crippen molar-refractivity contribution in [3.63, 3.8) is 0 Å². The van der Waals surface area contributed by atoms with Crippen molar-refractivity contribution < 1.29 is 4.79 Å². The van der Waals surface area contributed by atoms with Gasteiger partial charge in [0, 0.05) is 12.0 Å². The van der Waals surface area contributed by atoms with Gasteiger partial charge in [0.15, 0.2) is 0 Å². The van der Waals surface area contributed by atoms with E-state index in [4.69, 9.17) is 5.84 Å². The van der Waals surface area contributed by atoms with Gasteiger partial charge in [-0.2, -0.15) is 5.11 Å². The average molecular weight is 305 g/mol. The highest BCUT2D eigenvalue weighted by Crippen LogP contribution is 2.23. The van der Waals surface area contributed by atoms with Gasteiger partial charge in [0.05, 0.1) is 11.9 Å². The van der Waals surface area contributed by atoms with Crippen LogP contribution in [0.2, 0.25) is 0 Å². The van der Waals surface area contributed by atoms with Gasteiger partial charge in [-0.05, 0) is 18.4 Å². The number of thioether (sulfide) groups is 1. The summed E-state index contributed by atoms with van der Waals surface area (Å²) < 4.78 is 0. The fourth-order valence-electron chi connectivity index (χ4n) is 1.94. The second kappa shape index (κ2) is 8.31. The Hall–Kier alpha value is -2.02. The van der Waals surface area contributed by atoms with Gasteiger partial charge >= 0.3 is 0 Å². The SMILES string of the molecule is NN=NCCC1NC(C(=O)NCCc2ccccc2)=CS1. The first-order chi connectivity index (χ1) is 10.3. The molecule has 1 amide bonds. The lowest BCUT2D eigenvalue weighted by atomic mass is 10.1. The fraction of sp³-hybridized carbons (Fsp3) is 0.357. The Morgan fingerprint density at radius 2 is 2.19 bits per heavy atom. The molecule has 4 N–H and O–H groups in total. The second-order valence-electron chi connectivity index (χ2n) is 4.56. The maximum atomic E-state index is 12.0. The van der Waals surface area contributed by atoms with E-state index in [0.29, 0.717) is 18.8 Å². The molecule has 1 aliphatic heterocycles. The normalized spacial score (nSPS) is 17.5. The molecule has 1 aromatic rings. The Labute approximate surface area is 128 Å². The summed E-state index contributed by atoms with van der Waals surface area (Å²) >= 11 is 1.58. The zero-order chi connectivity index (χ0) is 14.9. The number of rotatable bonds is 7. The number of carbonyl (C=O) groups is 1. The molecule has 21 heavy (non-hydrogen) atoms. The third-order valence-corrected chi connectivity index (χ3v) is 4.08. The first-order valence-corrected chi connectivity index (χ1v) is 7.75. The Morgan fingerprint density at radius 1 is 1.38 bits per heavy atom. The highest BCUT2D eigenvalue weighted by atomic mass is 32.2. The number of hydrogen-bond acceptors (Lipinski definition) is 5. The standard InChI is InChI=1S/C14H19N5OS/c15-19-17-9-7-13-18-12(10-21-13)14(20)16-8-6-11-4-2-1-3-5-11/h1-5,10,13,18H,6-9H2,(H2,15,17)(H,16,20). The minimum absolute atomic E-state index is 0.0682. The van der Waals surface area contributed by atoms with Gasteiger partial charge in [-0.3, -0.25) is 4.79 Å². The van der Waals surface area contributed by atoms with E-state index < -0.39 is 0 Å². The van der Waals surface area contributed by atoms with E-state index in [2.05, 4.69) is 33.1 Å². The van der Waals surface area contributed by atoms with Crippen LogP contribution in [0.25, 0.3) is 0 Å². The van der Waals surface area contributed by atoms with Crippen molar-refractivity contribution in [2.45, 2.75) is 18.2 Å². The molecule has 0 radical (unpaired) electrons. The largest absolute Gasteiger partial charge is 0.368 e. The van der Waals surface area contributed by atoms with Crippen LogP contribution in [0.4, 0.5) is 0 Å². The van der Waals surface area contributed by atoms with Crippen LogP contribution in [0.3, 0.4) is 0 Å². The number of nitrogens with two attached hydrogens (primary N) is 1. The molecule has 1 heterocycles. The number of benzene rings is 1. The number of carbonyl (C=O) groups excluding carboxylic acids is 1. The van der Waals surface area contributed by atoms with Crippen molar-refractivity contribution in [2.24, 2.45) is 16.2 Å². The summed E-state index contributed by atoms with van der Waals surface area (Å²) in [6.07, 6.45) is 1.61. The van der Waals surface area contributed by atoms with Crippen molar-refractivity contribution >= 4 is 17.7 Å². The van der Waals surface area contributed by atoms with Crippen LogP contribution in [-0.2, 0) is 11.2 Å². The molecular weight excluding hydrogens is 286 g/mol. The van der Waals surface area contributed by atoms with E-state index in [1.807, 2.05) is 23.6 Å². The summed E-state index contributed by atoms with van der Waals surface area (Å²) in [5.41, 5.74) is 1.83. The maximum Gasteiger partial charge on any atom is 0.267 e. The van der Waals surface area contributed by atoms with E-state index in [-0.39, 0.29) is 11.3 Å². The van der Waals surface area contributed by atoms with E-state index in [9.17, 15) is 4.79 Å². The minimum atomic E-state index is -0.0682. The van der Waals surface area contributed by atoms with Gasteiger partial charge in [-0.1, -0.05) is 35.6 Å². The molecule has 2 rings (SSSR count). The molecule has 0 saturated heterocycles. The van der Waals surface area contributed by atoms with Gasteiger partial charge in [-0.15, -0.1) is 11.8 Å². The molecule has 1 aliphatic rings.